The molecule has 1 aromatic carbocycles. The van der Waals surface area contributed by atoms with Crippen LogP contribution in [0.5, 0.6) is 5.75 Å². The van der Waals surface area contributed by atoms with Crippen LogP contribution in [-0.2, 0) is 20.7 Å². The molecule has 0 spiro atoms. The van der Waals surface area contributed by atoms with Crippen LogP contribution in [0, 0.1) is 0 Å². The largest absolute Gasteiger partial charge is 0.462 e. The van der Waals surface area contributed by atoms with Gasteiger partial charge in [0.15, 0.2) is 0 Å². The topological polar surface area (TPSA) is 44.8 Å². The molecule has 0 amide bonds. The molecule has 1 aromatic rings. The van der Waals surface area contributed by atoms with E-state index >= 15 is 0 Å². The number of hydrogen-bond acceptors (Lipinski definition) is 4. The van der Waals surface area contributed by atoms with E-state index < -0.39 is 60.1 Å². The monoisotopic (exact) mass is 600 g/mol. The Morgan fingerprint density at radius 2 is 1.08 bits per heavy atom. The summed E-state index contributed by atoms with van der Waals surface area (Å²) in [6.45, 7) is 1.52. The summed E-state index contributed by atoms with van der Waals surface area (Å²) in [6.07, 6.45) is -38.5. The molecule has 0 bridgehead atoms. The van der Waals surface area contributed by atoms with Crippen LogP contribution >= 0.6 is 0 Å². The SMILES string of the molecule is CCc1ccc(OC(=O)[C@@](F)(OC(F)(F)[C@@](F)(OC(F)(F)C(F)(F)C(F)(F)F)C(F)(F)F)C(F)(F)F)cc1. The first kappa shape index (κ1) is 33.4. The predicted molar refractivity (Wildman–Crippen MR) is 84.3 cm³/mol. The average Bonchev–Trinajstić information content (AvgIpc) is 2.70. The van der Waals surface area contributed by atoms with Crippen molar-refractivity contribution in [1.82, 2.24) is 0 Å². The molecule has 0 saturated heterocycles. The van der Waals surface area contributed by atoms with Crippen molar-refractivity contribution in [1.29, 1.82) is 0 Å². The summed E-state index contributed by atoms with van der Waals surface area (Å²) in [6, 6.07) is 3.14. The van der Waals surface area contributed by atoms with Crippen molar-refractivity contribution < 1.29 is 93.6 Å². The molecular formula is C17H9F17O4. The fourth-order valence-corrected chi connectivity index (χ4v) is 2.11. The number of carbonyl (C=O) groups is 1. The van der Waals surface area contributed by atoms with Crippen molar-refractivity contribution >= 4 is 5.97 Å². The van der Waals surface area contributed by atoms with Crippen LogP contribution in [0.3, 0.4) is 0 Å². The van der Waals surface area contributed by atoms with Gasteiger partial charge in [-0.25, -0.2) is 4.79 Å². The summed E-state index contributed by atoms with van der Waals surface area (Å²) in [7, 11) is 0. The van der Waals surface area contributed by atoms with Crippen LogP contribution in [0.15, 0.2) is 24.3 Å². The van der Waals surface area contributed by atoms with Gasteiger partial charge in [0.1, 0.15) is 5.75 Å². The summed E-state index contributed by atoms with van der Waals surface area (Å²) in [4.78, 5) is 11.6. The molecule has 21 heteroatoms. The molecule has 38 heavy (non-hydrogen) atoms. The van der Waals surface area contributed by atoms with Gasteiger partial charge in [-0.05, 0) is 24.1 Å². The van der Waals surface area contributed by atoms with E-state index in [0.717, 1.165) is 12.1 Å². The number of esters is 1. The van der Waals surface area contributed by atoms with Gasteiger partial charge in [-0.1, -0.05) is 19.1 Å². The van der Waals surface area contributed by atoms with Gasteiger partial charge in [-0.2, -0.15) is 74.6 Å². The van der Waals surface area contributed by atoms with Gasteiger partial charge >= 0.3 is 54.3 Å². The zero-order valence-corrected chi connectivity index (χ0v) is 17.6. The number of halogens is 17. The van der Waals surface area contributed by atoms with Crippen LogP contribution < -0.4 is 4.74 Å². The van der Waals surface area contributed by atoms with Crippen molar-refractivity contribution in [2.24, 2.45) is 0 Å². The lowest BCUT2D eigenvalue weighted by atomic mass is 10.2. The molecule has 0 aliphatic carbocycles. The Morgan fingerprint density at radius 1 is 0.632 bits per heavy atom. The fourth-order valence-electron chi connectivity index (χ4n) is 2.11. The number of carbonyl (C=O) groups excluding carboxylic acids is 1. The summed E-state index contributed by atoms with van der Waals surface area (Å²) >= 11 is 0. The van der Waals surface area contributed by atoms with E-state index in [0.29, 0.717) is 17.7 Å². The van der Waals surface area contributed by atoms with E-state index in [1.807, 2.05) is 4.74 Å². The molecule has 4 nitrogen and oxygen atoms in total. The average molecular weight is 600 g/mol. The third-order valence-electron chi connectivity index (χ3n) is 4.17. The van der Waals surface area contributed by atoms with Gasteiger partial charge in [-0.3, -0.25) is 9.47 Å². The van der Waals surface area contributed by atoms with Crippen molar-refractivity contribution in [2.75, 3.05) is 0 Å². The third kappa shape index (κ3) is 6.01. The Labute approximate surface area is 198 Å². The molecule has 0 unspecified atom stereocenters. The normalized spacial score (nSPS) is 17.5. The zero-order valence-electron chi connectivity index (χ0n) is 17.6. The molecule has 0 aliphatic rings. The number of benzene rings is 1. The lowest BCUT2D eigenvalue weighted by molar-refractivity contribution is -0.548. The minimum Gasteiger partial charge on any atom is -0.422 e. The van der Waals surface area contributed by atoms with Crippen molar-refractivity contribution in [3.05, 3.63) is 29.8 Å². The Morgan fingerprint density at radius 3 is 1.42 bits per heavy atom. The van der Waals surface area contributed by atoms with Crippen LogP contribution in [0.4, 0.5) is 74.6 Å². The number of ether oxygens (including phenoxy) is 3. The van der Waals surface area contributed by atoms with E-state index in [2.05, 4.69) is 4.74 Å². The van der Waals surface area contributed by atoms with Crippen molar-refractivity contribution in [3.8, 4) is 5.75 Å². The molecular weight excluding hydrogens is 591 g/mol. The van der Waals surface area contributed by atoms with E-state index in [1.54, 1.807) is 0 Å². The summed E-state index contributed by atoms with van der Waals surface area (Å²) in [5, 5.41) is 0. The molecule has 0 aliphatic heterocycles. The smallest absolute Gasteiger partial charge is 0.422 e. The molecule has 0 saturated carbocycles. The molecule has 0 heterocycles. The van der Waals surface area contributed by atoms with Crippen LogP contribution in [0.2, 0.25) is 0 Å². The number of rotatable bonds is 9. The standard InChI is InChI=1S/C17H9F17O4/c1-2-7-3-5-8(6-4-7)36-9(35)10(18,13(22,23)24)37-17(33,34)12(21,15(28,29)30)38-16(31,32)11(19,20)14(25,26)27/h3-6H,2H2,1H3/t10-,12+/m1/s1. The summed E-state index contributed by atoms with van der Waals surface area (Å²) in [5.74, 6) is -27.7. The van der Waals surface area contributed by atoms with Gasteiger partial charge in [0, 0.05) is 0 Å². The first-order valence-corrected chi connectivity index (χ1v) is 9.02. The first-order valence-electron chi connectivity index (χ1n) is 9.02. The molecule has 0 N–H and O–H groups in total. The quantitative estimate of drug-likeness (QED) is 0.174. The van der Waals surface area contributed by atoms with Gasteiger partial charge < -0.3 is 4.74 Å². The van der Waals surface area contributed by atoms with Crippen molar-refractivity contribution in [2.45, 2.75) is 61.7 Å². The summed E-state index contributed by atoms with van der Waals surface area (Å²) in [5.41, 5.74) is 0.371. The Kier molecular flexibility index (Phi) is 8.68. The van der Waals surface area contributed by atoms with Crippen LogP contribution in [0.25, 0.3) is 0 Å². The highest BCUT2D eigenvalue weighted by atomic mass is 19.4. The Hall–Kier alpha value is -2.58. The minimum atomic E-state index is -8.08. The van der Waals surface area contributed by atoms with Gasteiger partial charge in [-0.15, -0.1) is 0 Å². The van der Waals surface area contributed by atoms with E-state index in [-0.39, 0.29) is 6.42 Å². The second kappa shape index (κ2) is 9.87. The molecule has 1 rings (SSSR count). The zero-order chi connectivity index (χ0) is 30.4. The number of aryl methyl sites for hydroxylation is 1. The second-order valence-corrected chi connectivity index (χ2v) is 6.88. The van der Waals surface area contributed by atoms with Crippen LogP contribution in [-0.4, -0.2) is 54.3 Å². The second-order valence-electron chi connectivity index (χ2n) is 6.88. The maximum atomic E-state index is 14.4. The highest BCUT2D eigenvalue weighted by molar-refractivity contribution is 5.81. The predicted octanol–water partition coefficient (Wildman–Crippen LogP) is 7.03. The molecule has 0 radical (unpaired) electrons. The van der Waals surface area contributed by atoms with Gasteiger partial charge in [0.25, 0.3) is 0 Å². The molecule has 0 fully saturated rings. The minimum absolute atomic E-state index is 0.243. The van der Waals surface area contributed by atoms with E-state index in [4.69, 9.17) is 0 Å². The highest BCUT2D eigenvalue weighted by Gasteiger charge is 2.85. The van der Waals surface area contributed by atoms with Gasteiger partial charge in [0.2, 0.25) is 0 Å². The maximum absolute atomic E-state index is 14.4. The molecule has 0 aromatic heterocycles. The van der Waals surface area contributed by atoms with E-state index in [9.17, 15) is 79.4 Å². The lowest BCUT2D eigenvalue weighted by Gasteiger charge is -2.39. The Bertz CT molecular complexity index is 982. The van der Waals surface area contributed by atoms with Crippen molar-refractivity contribution in [3.63, 3.8) is 0 Å². The summed E-state index contributed by atoms with van der Waals surface area (Å²) < 4.78 is 230. The fraction of sp³-hybridized carbons (Fsp3) is 0.588. The number of alkyl halides is 17. The highest BCUT2D eigenvalue weighted by Crippen LogP contribution is 2.56. The van der Waals surface area contributed by atoms with Crippen LogP contribution in [0.1, 0.15) is 12.5 Å². The lowest BCUT2D eigenvalue weighted by Crippen LogP contribution is -2.68. The third-order valence-corrected chi connectivity index (χ3v) is 4.17. The number of hydrogen-bond donors (Lipinski definition) is 0. The molecule has 2 atom stereocenters. The maximum Gasteiger partial charge on any atom is 0.462 e. The van der Waals surface area contributed by atoms with E-state index in [1.165, 1.54) is 11.7 Å². The Balaban J connectivity index is 3.59. The first-order chi connectivity index (χ1) is 16.6. The molecule has 220 valence electrons. The van der Waals surface area contributed by atoms with Gasteiger partial charge in [0.05, 0.1) is 0 Å².